The molecule has 1 saturated heterocycles. The number of amides is 1. The van der Waals surface area contributed by atoms with E-state index in [1.54, 1.807) is 19.2 Å². The second-order valence-electron chi connectivity index (χ2n) is 5.13. The van der Waals surface area contributed by atoms with Crippen molar-refractivity contribution >= 4 is 17.5 Å². The van der Waals surface area contributed by atoms with E-state index in [0.717, 1.165) is 25.9 Å². The molecule has 0 spiro atoms. The van der Waals surface area contributed by atoms with Crippen molar-refractivity contribution in [1.82, 2.24) is 4.90 Å². The third-order valence-corrected chi connectivity index (χ3v) is 3.94. The van der Waals surface area contributed by atoms with Gasteiger partial charge in [-0.05, 0) is 31.9 Å². The van der Waals surface area contributed by atoms with Gasteiger partial charge in [0.1, 0.15) is 0 Å². The lowest BCUT2D eigenvalue weighted by atomic mass is 10.1. The summed E-state index contributed by atoms with van der Waals surface area (Å²) in [5.41, 5.74) is 0.558. The molecular formula is C16H22ClNO3. The third kappa shape index (κ3) is 3.82. The van der Waals surface area contributed by atoms with E-state index in [9.17, 15) is 4.79 Å². The van der Waals surface area contributed by atoms with E-state index in [-0.39, 0.29) is 5.91 Å². The fourth-order valence-electron chi connectivity index (χ4n) is 2.58. The first kappa shape index (κ1) is 16.0. The van der Waals surface area contributed by atoms with Gasteiger partial charge in [-0.3, -0.25) is 4.79 Å². The molecule has 0 atom stereocenters. The minimum Gasteiger partial charge on any atom is -0.493 e. The minimum atomic E-state index is 0.0140. The van der Waals surface area contributed by atoms with Crippen LogP contribution < -0.4 is 9.47 Å². The topological polar surface area (TPSA) is 38.8 Å². The summed E-state index contributed by atoms with van der Waals surface area (Å²) in [4.78, 5) is 14.5. The Hall–Kier alpha value is -1.42. The molecule has 4 nitrogen and oxygen atoms in total. The Balaban J connectivity index is 2.26. The number of likely N-dealkylation sites (tertiary alicyclic amines) is 1. The van der Waals surface area contributed by atoms with Gasteiger partial charge in [0.2, 0.25) is 0 Å². The second kappa shape index (κ2) is 7.55. The molecule has 0 saturated carbocycles. The molecule has 1 fully saturated rings. The molecule has 1 aromatic rings. The molecular weight excluding hydrogens is 290 g/mol. The Labute approximate surface area is 131 Å². The van der Waals surface area contributed by atoms with Gasteiger partial charge >= 0.3 is 0 Å². The number of hydrogen-bond donors (Lipinski definition) is 0. The number of hydrogen-bond acceptors (Lipinski definition) is 3. The summed E-state index contributed by atoms with van der Waals surface area (Å²) in [6.45, 7) is 4.00. The molecule has 0 bridgehead atoms. The van der Waals surface area contributed by atoms with E-state index in [1.165, 1.54) is 12.8 Å². The number of carbonyl (C=O) groups excluding carboxylic acids is 1. The molecule has 1 amide bonds. The van der Waals surface area contributed by atoms with Crippen LogP contribution >= 0.6 is 11.6 Å². The first-order valence-electron chi connectivity index (χ1n) is 7.47. The maximum Gasteiger partial charge on any atom is 0.254 e. The van der Waals surface area contributed by atoms with Gasteiger partial charge in [-0.2, -0.15) is 0 Å². The quantitative estimate of drug-likeness (QED) is 0.849. The lowest BCUT2D eigenvalue weighted by Crippen LogP contribution is -2.31. The predicted octanol–water partition coefficient (Wildman–Crippen LogP) is 3.76. The highest BCUT2D eigenvalue weighted by Gasteiger charge is 2.21. The molecule has 1 aliphatic heterocycles. The molecule has 2 rings (SSSR count). The van der Waals surface area contributed by atoms with Gasteiger partial charge in [-0.25, -0.2) is 0 Å². The maximum atomic E-state index is 12.6. The molecule has 1 aromatic carbocycles. The van der Waals surface area contributed by atoms with Crippen LogP contribution in [0.2, 0.25) is 5.02 Å². The Morgan fingerprint density at radius 2 is 1.90 bits per heavy atom. The van der Waals surface area contributed by atoms with Crippen molar-refractivity contribution < 1.29 is 14.3 Å². The van der Waals surface area contributed by atoms with Crippen molar-refractivity contribution in [1.29, 1.82) is 0 Å². The number of ether oxygens (including phenoxy) is 2. The van der Waals surface area contributed by atoms with Gasteiger partial charge in [-0.15, -0.1) is 0 Å². The number of benzene rings is 1. The summed E-state index contributed by atoms with van der Waals surface area (Å²) in [5, 5.41) is 0.411. The number of rotatable bonds is 4. The van der Waals surface area contributed by atoms with Crippen LogP contribution in [0.5, 0.6) is 11.5 Å². The number of carbonyl (C=O) groups is 1. The molecule has 21 heavy (non-hydrogen) atoms. The Morgan fingerprint density at radius 1 is 1.24 bits per heavy atom. The number of methoxy groups -OCH3 is 1. The van der Waals surface area contributed by atoms with Crippen molar-refractivity contribution in [2.24, 2.45) is 0 Å². The highest BCUT2D eigenvalue weighted by Crippen LogP contribution is 2.36. The van der Waals surface area contributed by atoms with Crippen molar-refractivity contribution in [3.8, 4) is 11.5 Å². The third-order valence-electron chi connectivity index (χ3n) is 3.66. The highest BCUT2D eigenvalue weighted by atomic mass is 35.5. The van der Waals surface area contributed by atoms with E-state index < -0.39 is 0 Å². The van der Waals surface area contributed by atoms with Gasteiger partial charge in [0, 0.05) is 18.7 Å². The Kier molecular flexibility index (Phi) is 5.74. The zero-order valence-corrected chi connectivity index (χ0v) is 13.4. The summed E-state index contributed by atoms with van der Waals surface area (Å²) in [5.74, 6) is 1.01. The Morgan fingerprint density at radius 3 is 2.48 bits per heavy atom. The van der Waals surface area contributed by atoms with Crippen molar-refractivity contribution in [2.75, 3.05) is 26.8 Å². The first-order valence-corrected chi connectivity index (χ1v) is 7.84. The van der Waals surface area contributed by atoms with E-state index in [1.807, 2.05) is 11.8 Å². The van der Waals surface area contributed by atoms with E-state index in [2.05, 4.69) is 0 Å². The summed E-state index contributed by atoms with van der Waals surface area (Å²) in [6.07, 6.45) is 4.51. The highest BCUT2D eigenvalue weighted by molar-refractivity contribution is 6.32. The molecule has 0 N–H and O–H groups in total. The lowest BCUT2D eigenvalue weighted by molar-refractivity contribution is 0.0761. The Bertz CT molecular complexity index is 497. The zero-order valence-electron chi connectivity index (χ0n) is 12.7. The van der Waals surface area contributed by atoms with Crippen molar-refractivity contribution in [3.63, 3.8) is 0 Å². The van der Waals surface area contributed by atoms with Crippen LogP contribution in [0, 0.1) is 0 Å². The zero-order chi connectivity index (χ0) is 15.2. The lowest BCUT2D eigenvalue weighted by Gasteiger charge is -2.21. The largest absolute Gasteiger partial charge is 0.493 e. The van der Waals surface area contributed by atoms with E-state index >= 15 is 0 Å². The fraction of sp³-hybridized carbons (Fsp3) is 0.562. The van der Waals surface area contributed by atoms with Gasteiger partial charge in [-0.1, -0.05) is 24.4 Å². The van der Waals surface area contributed by atoms with Gasteiger partial charge in [0.25, 0.3) is 5.91 Å². The molecule has 0 aliphatic carbocycles. The van der Waals surface area contributed by atoms with E-state index in [4.69, 9.17) is 21.1 Å². The predicted molar refractivity (Wildman–Crippen MR) is 83.5 cm³/mol. The SMILES string of the molecule is CCOc1c(Cl)cc(C(=O)N2CCCCCC2)cc1OC. The second-order valence-corrected chi connectivity index (χ2v) is 5.54. The van der Waals surface area contributed by atoms with Crippen LogP contribution in [0.25, 0.3) is 0 Å². The van der Waals surface area contributed by atoms with Crippen LogP contribution in [-0.4, -0.2) is 37.6 Å². The van der Waals surface area contributed by atoms with Crippen LogP contribution in [-0.2, 0) is 0 Å². The first-order chi connectivity index (χ1) is 10.2. The summed E-state index contributed by atoms with van der Waals surface area (Å²) in [6, 6.07) is 3.38. The van der Waals surface area contributed by atoms with Crippen LogP contribution in [0.15, 0.2) is 12.1 Å². The molecule has 5 heteroatoms. The van der Waals surface area contributed by atoms with Crippen LogP contribution in [0.1, 0.15) is 43.0 Å². The van der Waals surface area contributed by atoms with Crippen molar-refractivity contribution in [3.05, 3.63) is 22.7 Å². The fourth-order valence-corrected chi connectivity index (χ4v) is 2.85. The molecule has 1 aliphatic rings. The monoisotopic (exact) mass is 311 g/mol. The summed E-state index contributed by atoms with van der Waals surface area (Å²) in [7, 11) is 1.55. The standard InChI is InChI=1S/C16H22ClNO3/c1-3-21-15-13(17)10-12(11-14(15)20-2)16(19)18-8-6-4-5-7-9-18/h10-11H,3-9H2,1-2H3. The smallest absolute Gasteiger partial charge is 0.254 e. The maximum absolute atomic E-state index is 12.6. The molecule has 1 heterocycles. The normalized spacial score (nSPS) is 15.5. The van der Waals surface area contributed by atoms with Gasteiger partial charge in [0.15, 0.2) is 11.5 Å². The van der Waals surface area contributed by atoms with E-state index in [0.29, 0.717) is 28.7 Å². The van der Waals surface area contributed by atoms with Gasteiger partial charge < -0.3 is 14.4 Å². The average molecular weight is 312 g/mol. The number of nitrogens with zero attached hydrogens (tertiary/aromatic N) is 1. The summed E-state index contributed by atoms with van der Waals surface area (Å²) >= 11 is 6.23. The molecule has 0 radical (unpaired) electrons. The minimum absolute atomic E-state index is 0.0140. The van der Waals surface area contributed by atoms with Gasteiger partial charge in [0.05, 0.1) is 18.7 Å². The molecule has 0 aromatic heterocycles. The van der Waals surface area contributed by atoms with Crippen molar-refractivity contribution in [2.45, 2.75) is 32.6 Å². The molecule has 116 valence electrons. The van der Waals surface area contributed by atoms with Crippen LogP contribution in [0.3, 0.4) is 0 Å². The van der Waals surface area contributed by atoms with Crippen LogP contribution in [0.4, 0.5) is 0 Å². The molecule has 0 unspecified atom stereocenters. The number of halogens is 1. The average Bonchev–Trinajstić information content (AvgIpc) is 2.77. The summed E-state index contributed by atoms with van der Waals surface area (Å²) < 4.78 is 10.8.